The van der Waals surface area contributed by atoms with Crippen LogP contribution in [0.1, 0.15) is 12.1 Å². The van der Waals surface area contributed by atoms with E-state index in [-0.39, 0.29) is 25.6 Å². The number of nitrogens with zero attached hydrogens (tertiary/aromatic N) is 2. The molecular formula is C21H23Cl2N5O3S2. The molecule has 1 aromatic carbocycles. The van der Waals surface area contributed by atoms with Crippen molar-refractivity contribution in [1.29, 1.82) is 0 Å². The summed E-state index contributed by atoms with van der Waals surface area (Å²) >= 11 is 12.7. The molecule has 12 heteroatoms. The molecule has 1 unspecified atom stereocenters. The van der Waals surface area contributed by atoms with Gasteiger partial charge in [-0.3, -0.25) is 9.88 Å². The van der Waals surface area contributed by atoms with Crippen LogP contribution in [-0.4, -0.2) is 56.6 Å². The minimum atomic E-state index is -3.67. The fraction of sp³-hybridized carbons (Fsp3) is 0.333. The van der Waals surface area contributed by atoms with Crippen molar-refractivity contribution in [3.8, 4) is 0 Å². The number of hydrogen-bond acceptors (Lipinski definition) is 6. The van der Waals surface area contributed by atoms with E-state index in [0.717, 1.165) is 34.5 Å². The van der Waals surface area contributed by atoms with Crippen LogP contribution in [0, 0.1) is 6.92 Å². The summed E-state index contributed by atoms with van der Waals surface area (Å²) in [5.41, 5.74) is 2.35. The zero-order valence-electron chi connectivity index (χ0n) is 17.8. The number of carbonyl (C=O) groups excluding carboxylic acids is 1. The van der Waals surface area contributed by atoms with Gasteiger partial charge in [0.05, 0.1) is 16.2 Å². The third kappa shape index (κ3) is 5.95. The van der Waals surface area contributed by atoms with Gasteiger partial charge in [-0.1, -0.05) is 41.4 Å². The fourth-order valence-electron chi connectivity index (χ4n) is 3.77. The summed E-state index contributed by atoms with van der Waals surface area (Å²) in [4.78, 5) is 19.0. The minimum absolute atomic E-state index is 0.105. The maximum absolute atomic E-state index is 12.5. The van der Waals surface area contributed by atoms with Crippen molar-refractivity contribution in [2.45, 2.75) is 23.6 Å². The Morgan fingerprint density at radius 1 is 1.27 bits per heavy atom. The second kappa shape index (κ2) is 10.1. The van der Waals surface area contributed by atoms with E-state index in [1.54, 1.807) is 0 Å². The lowest BCUT2D eigenvalue weighted by atomic mass is 10.1. The summed E-state index contributed by atoms with van der Waals surface area (Å²) in [6.45, 7) is 4.22. The summed E-state index contributed by atoms with van der Waals surface area (Å²) in [6.07, 6.45) is 0.681. The Morgan fingerprint density at radius 3 is 2.82 bits per heavy atom. The van der Waals surface area contributed by atoms with Crippen molar-refractivity contribution in [3.63, 3.8) is 0 Å². The monoisotopic (exact) mass is 527 g/mol. The number of rotatable bonds is 7. The molecule has 1 aliphatic heterocycles. The summed E-state index contributed by atoms with van der Waals surface area (Å²) in [5, 5.41) is 6.86. The minimum Gasteiger partial charge on any atom is -0.337 e. The molecule has 3 heterocycles. The highest BCUT2D eigenvalue weighted by Crippen LogP contribution is 2.34. The number of urea groups is 1. The zero-order chi connectivity index (χ0) is 23.6. The molecule has 0 radical (unpaired) electrons. The molecule has 1 fully saturated rings. The van der Waals surface area contributed by atoms with Crippen molar-refractivity contribution in [2.75, 3.05) is 31.5 Å². The van der Waals surface area contributed by atoms with Gasteiger partial charge in [0.25, 0.3) is 0 Å². The van der Waals surface area contributed by atoms with Gasteiger partial charge in [0, 0.05) is 36.8 Å². The number of aryl methyl sites for hydroxylation is 1. The first-order valence-electron chi connectivity index (χ1n) is 10.3. The van der Waals surface area contributed by atoms with E-state index >= 15 is 0 Å². The Hall–Kier alpha value is -1.95. The SMILES string of the molecule is Cc1cc(NC(=O)NCCN2CCC(NS(=O)(=O)c3cc(Cl)c(Cl)s3)C2)c2ccccc2n1. The average molecular weight is 528 g/mol. The van der Waals surface area contributed by atoms with E-state index in [2.05, 4.69) is 25.2 Å². The highest BCUT2D eigenvalue weighted by Gasteiger charge is 2.28. The molecule has 0 spiro atoms. The van der Waals surface area contributed by atoms with Crippen molar-refractivity contribution in [1.82, 2.24) is 19.9 Å². The maximum Gasteiger partial charge on any atom is 0.319 e. The Labute approximate surface area is 206 Å². The Kier molecular flexibility index (Phi) is 7.42. The van der Waals surface area contributed by atoms with Crippen LogP contribution in [0.2, 0.25) is 9.36 Å². The number of benzene rings is 1. The first-order valence-corrected chi connectivity index (χ1v) is 13.4. The van der Waals surface area contributed by atoms with Gasteiger partial charge in [-0.2, -0.15) is 0 Å². The smallest absolute Gasteiger partial charge is 0.319 e. The van der Waals surface area contributed by atoms with Crippen molar-refractivity contribution >= 4 is 67.2 Å². The molecule has 0 bridgehead atoms. The van der Waals surface area contributed by atoms with Crippen molar-refractivity contribution < 1.29 is 13.2 Å². The van der Waals surface area contributed by atoms with Crippen LogP contribution in [0.25, 0.3) is 10.9 Å². The number of sulfonamides is 1. The normalized spacial score (nSPS) is 16.9. The zero-order valence-corrected chi connectivity index (χ0v) is 20.9. The van der Waals surface area contributed by atoms with E-state index in [9.17, 15) is 13.2 Å². The first kappa shape index (κ1) is 24.2. The fourth-order valence-corrected chi connectivity index (χ4v) is 6.93. The third-order valence-electron chi connectivity index (χ3n) is 5.29. The molecule has 1 saturated heterocycles. The van der Waals surface area contributed by atoms with Gasteiger partial charge in [-0.15, -0.1) is 11.3 Å². The van der Waals surface area contributed by atoms with Gasteiger partial charge < -0.3 is 10.6 Å². The van der Waals surface area contributed by atoms with Crippen LogP contribution >= 0.6 is 34.5 Å². The van der Waals surface area contributed by atoms with E-state index in [4.69, 9.17) is 23.2 Å². The van der Waals surface area contributed by atoms with Crippen LogP contribution in [-0.2, 0) is 10.0 Å². The lowest BCUT2D eigenvalue weighted by Gasteiger charge is -2.17. The lowest BCUT2D eigenvalue weighted by molar-refractivity contribution is 0.249. The molecule has 8 nitrogen and oxygen atoms in total. The number of carbonyl (C=O) groups is 1. The topological polar surface area (TPSA) is 103 Å². The summed E-state index contributed by atoms with van der Waals surface area (Å²) in [7, 11) is -3.67. The van der Waals surface area contributed by atoms with Gasteiger partial charge in [0.15, 0.2) is 0 Å². The summed E-state index contributed by atoms with van der Waals surface area (Å²) in [6, 6.07) is 10.3. The number of likely N-dealkylation sites (tertiary alicyclic amines) is 1. The molecule has 3 aromatic rings. The van der Waals surface area contributed by atoms with Crippen molar-refractivity contribution in [3.05, 3.63) is 51.5 Å². The molecule has 3 N–H and O–H groups in total. The Balaban J connectivity index is 1.25. The molecule has 33 heavy (non-hydrogen) atoms. The first-order chi connectivity index (χ1) is 15.7. The molecule has 0 aliphatic carbocycles. The number of thiophene rings is 1. The Morgan fingerprint density at radius 2 is 2.06 bits per heavy atom. The van der Waals surface area contributed by atoms with Gasteiger partial charge in [-0.05, 0) is 38.1 Å². The standard InChI is InChI=1S/C21H23Cl2N5O3S2/c1-13-10-18(15-4-2-3-5-17(15)25-13)26-21(29)24-7-9-28-8-6-14(12-28)27-33(30,31)19-11-16(22)20(23)32-19/h2-5,10-11,14,27H,6-9,12H2,1H3,(H2,24,25,26,29). The molecule has 176 valence electrons. The predicted molar refractivity (Wildman–Crippen MR) is 133 cm³/mol. The average Bonchev–Trinajstić information content (AvgIpc) is 3.33. The van der Waals surface area contributed by atoms with Crippen LogP contribution in [0.3, 0.4) is 0 Å². The van der Waals surface area contributed by atoms with Crippen LogP contribution < -0.4 is 15.4 Å². The largest absolute Gasteiger partial charge is 0.337 e. The Bertz CT molecular complexity index is 1260. The van der Waals surface area contributed by atoms with Gasteiger partial charge in [0.2, 0.25) is 10.0 Å². The molecule has 0 saturated carbocycles. The number of nitrogens with one attached hydrogen (secondary N) is 3. The number of hydrogen-bond donors (Lipinski definition) is 3. The predicted octanol–water partition coefficient (Wildman–Crippen LogP) is 4.09. The molecule has 2 aromatic heterocycles. The highest BCUT2D eigenvalue weighted by molar-refractivity contribution is 7.91. The van der Waals surface area contributed by atoms with E-state index in [1.165, 1.54) is 6.07 Å². The number of halogens is 2. The molecule has 4 rings (SSSR count). The van der Waals surface area contributed by atoms with Gasteiger partial charge >= 0.3 is 6.03 Å². The maximum atomic E-state index is 12.5. The van der Waals surface area contributed by atoms with E-state index < -0.39 is 10.0 Å². The molecule has 1 aliphatic rings. The summed E-state index contributed by atoms with van der Waals surface area (Å²) < 4.78 is 28.2. The second-order valence-corrected chi connectivity index (χ2v) is 11.8. The van der Waals surface area contributed by atoms with Crippen LogP contribution in [0.4, 0.5) is 10.5 Å². The van der Waals surface area contributed by atoms with Crippen molar-refractivity contribution in [2.24, 2.45) is 0 Å². The number of aromatic nitrogens is 1. The number of anilines is 1. The molecular weight excluding hydrogens is 505 g/mol. The number of para-hydroxylation sites is 1. The number of fused-ring (bicyclic) bond motifs is 1. The van der Waals surface area contributed by atoms with E-state index in [0.29, 0.717) is 31.7 Å². The molecule has 1 atom stereocenters. The molecule has 2 amide bonds. The van der Waals surface area contributed by atoms with Crippen LogP contribution in [0.15, 0.2) is 40.6 Å². The highest BCUT2D eigenvalue weighted by atomic mass is 35.5. The second-order valence-electron chi connectivity index (χ2n) is 7.80. The number of amides is 2. The van der Waals surface area contributed by atoms with Crippen LogP contribution in [0.5, 0.6) is 0 Å². The van der Waals surface area contributed by atoms with Gasteiger partial charge in [0.1, 0.15) is 8.55 Å². The third-order valence-corrected chi connectivity index (χ3v) is 9.15. The lowest BCUT2D eigenvalue weighted by Crippen LogP contribution is -2.39. The van der Waals surface area contributed by atoms with E-state index in [1.807, 2.05) is 37.3 Å². The summed E-state index contributed by atoms with van der Waals surface area (Å²) in [5.74, 6) is 0. The van der Waals surface area contributed by atoms with Gasteiger partial charge in [-0.25, -0.2) is 17.9 Å². The number of pyridine rings is 1. The quantitative estimate of drug-likeness (QED) is 0.429.